The number of thiocarbonyl (C=S) groups is 1. The van der Waals surface area contributed by atoms with Crippen LogP contribution in [0.5, 0.6) is 5.75 Å². The van der Waals surface area contributed by atoms with Gasteiger partial charge in [0.05, 0.1) is 30.6 Å². The number of hydrogen-bond donors (Lipinski definition) is 2. The van der Waals surface area contributed by atoms with E-state index in [0.717, 1.165) is 11.4 Å². The van der Waals surface area contributed by atoms with Crippen LogP contribution in [0, 0.1) is 0 Å². The molecule has 1 saturated heterocycles. The number of aromatic nitrogens is 1. The lowest BCUT2D eigenvalue weighted by Crippen LogP contribution is -2.29. The molecule has 1 aliphatic rings. The number of nitrogens with zero attached hydrogens (tertiary/aromatic N) is 2. The van der Waals surface area contributed by atoms with E-state index in [0.29, 0.717) is 16.5 Å². The number of hydrogen-bond acceptors (Lipinski definition) is 5. The van der Waals surface area contributed by atoms with E-state index in [1.54, 1.807) is 24.6 Å². The number of anilines is 2. The first-order valence-electron chi connectivity index (χ1n) is 9.08. The number of nitrogens with one attached hydrogen (secondary N) is 2. The van der Waals surface area contributed by atoms with E-state index >= 15 is 0 Å². The fourth-order valence-corrected chi connectivity index (χ4v) is 4.71. The average Bonchev–Trinajstić information content (AvgIpc) is 3.35. The number of ether oxygens (including phenoxy) is 1. The van der Waals surface area contributed by atoms with Gasteiger partial charge in [0.15, 0.2) is 5.11 Å². The van der Waals surface area contributed by atoms with Gasteiger partial charge in [-0.1, -0.05) is 12.1 Å². The Morgan fingerprint density at radius 2 is 2.14 bits per heavy atom. The Hall–Kier alpha value is -2.97. The summed E-state index contributed by atoms with van der Waals surface area (Å²) < 4.78 is 5.39. The van der Waals surface area contributed by atoms with E-state index in [1.165, 1.54) is 11.8 Å². The van der Waals surface area contributed by atoms with Crippen molar-refractivity contribution >= 4 is 45.9 Å². The highest BCUT2D eigenvalue weighted by molar-refractivity contribution is 7.80. The Balaban J connectivity index is 1.79. The largest absolute Gasteiger partial charge is 0.495 e. The van der Waals surface area contributed by atoms with Gasteiger partial charge in [-0.3, -0.25) is 9.78 Å². The standard InChI is InChI=1S/C21H20N4O2S2/c1-13(26)23-16-12-14(8-9-17(16)27-2)25-20(18-7-5-11-29-18)19(24-21(25)28)15-6-3-4-10-22-15/h3-12,19-20H,1-2H3,(H,23,26)(H,24,28)/t19-,20-/m0/s1. The van der Waals surface area contributed by atoms with Crippen molar-refractivity contribution in [1.29, 1.82) is 0 Å². The van der Waals surface area contributed by atoms with Crippen molar-refractivity contribution < 1.29 is 9.53 Å². The zero-order chi connectivity index (χ0) is 20.4. The maximum absolute atomic E-state index is 11.6. The molecule has 4 rings (SSSR count). The molecular weight excluding hydrogens is 404 g/mol. The Bertz CT molecular complexity index is 1020. The Kier molecular flexibility index (Phi) is 5.46. The minimum absolute atomic E-state index is 0.0593. The second-order valence-corrected chi connectivity index (χ2v) is 7.94. The van der Waals surface area contributed by atoms with Crippen molar-refractivity contribution in [2.75, 3.05) is 17.3 Å². The number of benzene rings is 1. The lowest BCUT2D eigenvalue weighted by atomic mass is 10.0. The molecule has 0 unspecified atom stereocenters. The SMILES string of the molecule is COc1ccc(N2C(=S)N[C@@H](c3ccccn3)[C@@H]2c2cccs2)cc1NC(C)=O. The van der Waals surface area contributed by atoms with Crippen molar-refractivity contribution in [2.24, 2.45) is 0 Å². The first kappa shape index (κ1) is 19.4. The molecule has 1 aliphatic heterocycles. The Morgan fingerprint density at radius 3 is 2.79 bits per heavy atom. The van der Waals surface area contributed by atoms with Crippen LogP contribution in [0.15, 0.2) is 60.1 Å². The van der Waals surface area contributed by atoms with Gasteiger partial charge in [-0.2, -0.15) is 0 Å². The average molecular weight is 425 g/mol. The van der Waals surface area contributed by atoms with Crippen LogP contribution in [0.3, 0.4) is 0 Å². The minimum Gasteiger partial charge on any atom is -0.495 e. The van der Waals surface area contributed by atoms with Gasteiger partial charge in [-0.15, -0.1) is 11.3 Å². The van der Waals surface area contributed by atoms with Crippen LogP contribution in [-0.4, -0.2) is 23.1 Å². The molecule has 1 fully saturated rings. The molecule has 0 radical (unpaired) electrons. The summed E-state index contributed by atoms with van der Waals surface area (Å²) in [5.74, 6) is 0.430. The van der Waals surface area contributed by atoms with E-state index < -0.39 is 0 Å². The number of carbonyl (C=O) groups is 1. The van der Waals surface area contributed by atoms with Crippen molar-refractivity contribution in [1.82, 2.24) is 10.3 Å². The molecule has 2 atom stereocenters. The van der Waals surface area contributed by atoms with Gasteiger partial charge in [0.2, 0.25) is 5.91 Å². The third-order valence-corrected chi connectivity index (χ3v) is 5.96. The Labute approximate surface area is 178 Å². The monoisotopic (exact) mass is 424 g/mol. The molecule has 29 heavy (non-hydrogen) atoms. The molecule has 6 nitrogen and oxygen atoms in total. The maximum atomic E-state index is 11.6. The van der Waals surface area contributed by atoms with Crippen LogP contribution in [-0.2, 0) is 4.79 Å². The summed E-state index contributed by atoms with van der Waals surface area (Å²) in [4.78, 5) is 19.4. The van der Waals surface area contributed by atoms with Gasteiger partial charge in [-0.05, 0) is 54.0 Å². The highest BCUT2D eigenvalue weighted by Crippen LogP contribution is 2.44. The molecule has 0 aliphatic carbocycles. The van der Waals surface area contributed by atoms with Crippen LogP contribution in [0.25, 0.3) is 0 Å². The lowest BCUT2D eigenvalue weighted by Gasteiger charge is -2.27. The fraction of sp³-hybridized carbons (Fsp3) is 0.190. The van der Waals surface area contributed by atoms with Crippen molar-refractivity contribution in [3.05, 3.63) is 70.7 Å². The number of rotatable bonds is 5. The van der Waals surface area contributed by atoms with Crippen LogP contribution in [0.4, 0.5) is 11.4 Å². The van der Waals surface area contributed by atoms with Crippen molar-refractivity contribution in [3.63, 3.8) is 0 Å². The second-order valence-electron chi connectivity index (χ2n) is 6.58. The highest BCUT2D eigenvalue weighted by atomic mass is 32.1. The normalized spacial score (nSPS) is 18.4. The van der Waals surface area contributed by atoms with Crippen LogP contribution in [0.2, 0.25) is 0 Å². The van der Waals surface area contributed by atoms with Crippen molar-refractivity contribution in [3.8, 4) is 5.75 Å². The highest BCUT2D eigenvalue weighted by Gasteiger charge is 2.41. The third-order valence-electron chi connectivity index (χ3n) is 4.70. The van der Waals surface area contributed by atoms with Crippen molar-refractivity contribution in [2.45, 2.75) is 19.0 Å². The first-order valence-corrected chi connectivity index (χ1v) is 10.4. The minimum atomic E-state index is -0.163. The Morgan fingerprint density at radius 1 is 1.28 bits per heavy atom. The quantitative estimate of drug-likeness (QED) is 0.596. The number of pyridine rings is 1. The molecule has 0 bridgehead atoms. The summed E-state index contributed by atoms with van der Waals surface area (Å²) in [7, 11) is 1.58. The maximum Gasteiger partial charge on any atom is 0.221 e. The van der Waals surface area contributed by atoms with E-state index in [9.17, 15) is 4.79 Å². The lowest BCUT2D eigenvalue weighted by molar-refractivity contribution is -0.114. The molecule has 8 heteroatoms. The summed E-state index contributed by atoms with van der Waals surface area (Å²) in [6, 6.07) is 15.5. The topological polar surface area (TPSA) is 66.5 Å². The van der Waals surface area contributed by atoms with E-state index in [1.807, 2.05) is 42.5 Å². The summed E-state index contributed by atoms with van der Waals surface area (Å²) in [5, 5.41) is 8.93. The molecule has 1 amide bonds. The summed E-state index contributed by atoms with van der Waals surface area (Å²) >= 11 is 7.39. The van der Waals surface area contributed by atoms with Crippen LogP contribution < -0.4 is 20.3 Å². The molecular formula is C21H20N4O2S2. The smallest absolute Gasteiger partial charge is 0.221 e. The molecule has 2 N–H and O–H groups in total. The zero-order valence-electron chi connectivity index (χ0n) is 16.0. The summed E-state index contributed by atoms with van der Waals surface area (Å²) in [5.41, 5.74) is 2.39. The van der Waals surface area contributed by atoms with Gasteiger partial charge in [0, 0.05) is 23.7 Å². The van der Waals surface area contributed by atoms with Crippen LogP contribution in [0.1, 0.15) is 29.6 Å². The molecule has 0 saturated carbocycles. The first-order chi connectivity index (χ1) is 14.1. The van der Waals surface area contributed by atoms with Gasteiger partial charge in [0.1, 0.15) is 5.75 Å². The number of methoxy groups -OCH3 is 1. The summed E-state index contributed by atoms with van der Waals surface area (Å²) in [6.07, 6.45) is 1.79. The molecule has 148 valence electrons. The van der Waals surface area contributed by atoms with Crippen LogP contribution >= 0.6 is 23.6 Å². The number of amides is 1. The molecule has 3 aromatic rings. The predicted octanol–water partition coefficient (Wildman–Crippen LogP) is 4.29. The molecule has 0 spiro atoms. The van der Waals surface area contributed by atoms with Gasteiger partial charge >= 0.3 is 0 Å². The molecule has 2 aromatic heterocycles. The fourth-order valence-electron chi connectivity index (χ4n) is 3.51. The third kappa shape index (κ3) is 3.81. The number of carbonyl (C=O) groups excluding carboxylic acids is 1. The second kappa shape index (κ2) is 8.18. The number of thiophene rings is 1. The van der Waals surface area contributed by atoms with Gasteiger partial charge < -0.3 is 20.3 Å². The van der Waals surface area contributed by atoms with E-state index in [4.69, 9.17) is 17.0 Å². The summed E-state index contributed by atoms with van der Waals surface area (Å²) in [6.45, 7) is 1.47. The molecule has 3 heterocycles. The van der Waals surface area contributed by atoms with E-state index in [-0.39, 0.29) is 18.0 Å². The van der Waals surface area contributed by atoms with E-state index in [2.05, 4.69) is 32.0 Å². The zero-order valence-corrected chi connectivity index (χ0v) is 17.6. The molecule has 1 aromatic carbocycles. The van der Waals surface area contributed by atoms with Gasteiger partial charge in [-0.25, -0.2) is 0 Å². The predicted molar refractivity (Wildman–Crippen MR) is 120 cm³/mol. The van der Waals surface area contributed by atoms with Gasteiger partial charge in [0.25, 0.3) is 0 Å².